The molecule has 8 aromatic rings. The molecule has 4 N–H and O–H groups in total. The number of rotatable bonds is 10. The predicted molar refractivity (Wildman–Crippen MR) is 232 cm³/mol. The van der Waals surface area contributed by atoms with Crippen molar-refractivity contribution in [1.82, 2.24) is 0 Å². The van der Waals surface area contributed by atoms with Crippen molar-refractivity contribution in [2.75, 3.05) is 16.4 Å². The Hall–Kier alpha value is -7.51. The van der Waals surface area contributed by atoms with Gasteiger partial charge in [-0.25, -0.2) is 0 Å². The second-order valence-electron chi connectivity index (χ2n) is 13.8. The minimum atomic E-state index is -4.37. The van der Waals surface area contributed by atoms with Crippen LogP contribution in [0.3, 0.4) is 0 Å². The Morgan fingerprint density at radius 3 is 1.28 bits per heavy atom. The first kappa shape index (κ1) is 37.4. The van der Waals surface area contributed by atoms with E-state index in [-0.39, 0.29) is 0 Å². The molecule has 0 aromatic heterocycles. The molecule has 0 saturated heterocycles. The zero-order chi connectivity index (χ0) is 40.1. The van der Waals surface area contributed by atoms with Gasteiger partial charge in [0.25, 0.3) is 0 Å². The third-order valence-corrected chi connectivity index (χ3v) is 9.87. The van der Waals surface area contributed by atoms with Crippen LogP contribution in [0.5, 0.6) is 11.5 Å². The van der Waals surface area contributed by atoms with E-state index in [4.69, 9.17) is 16.2 Å². The Balaban J connectivity index is 0.971. The van der Waals surface area contributed by atoms with E-state index in [1.54, 1.807) is 0 Å². The van der Waals surface area contributed by atoms with Gasteiger partial charge in [0.15, 0.2) is 0 Å². The van der Waals surface area contributed by atoms with Crippen LogP contribution in [0.25, 0.3) is 33.9 Å². The number of hydrogen-bond donors (Lipinski definition) is 2. The van der Waals surface area contributed by atoms with E-state index in [9.17, 15) is 13.2 Å². The molecule has 7 heteroatoms. The molecular weight excluding hydrogens is 728 g/mol. The van der Waals surface area contributed by atoms with Gasteiger partial charge >= 0.3 is 6.18 Å². The lowest BCUT2D eigenvalue weighted by molar-refractivity contribution is -0.137. The molecule has 0 heterocycles. The maximum atomic E-state index is 13.1. The van der Waals surface area contributed by atoms with Crippen LogP contribution >= 0.6 is 0 Å². The smallest absolute Gasteiger partial charge is 0.416 e. The quantitative estimate of drug-likeness (QED) is 0.107. The summed E-state index contributed by atoms with van der Waals surface area (Å²) in [6.07, 6.45) is -2.21. The minimum Gasteiger partial charge on any atom is -0.457 e. The van der Waals surface area contributed by atoms with Crippen LogP contribution in [0, 0.1) is 0 Å². The SMILES string of the molecule is Nc1ccc(N(c2ccc(N)cc2)c2ccc(Oc3ccc(-c4ccc(C=C(c5ccccc5)c5ccc(-c6ccc(C(F)(F)F)cc6)cc5)cc4)cc3)cc2)cc1. The van der Waals surface area contributed by atoms with Crippen molar-refractivity contribution in [3.05, 3.63) is 222 Å². The molecule has 0 saturated carbocycles. The fourth-order valence-corrected chi connectivity index (χ4v) is 6.79. The van der Waals surface area contributed by atoms with Crippen molar-refractivity contribution in [3.63, 3.8) is 0 Å². The van der Waals surface area contributed by atoms with Crippen molar-refractivity contribution in [2.45, 2.75) is 6.18 Å². The van der Waals surface area contributed by atoms with Crippen molar-refractivity contribution in [2.24, 2.45) is 0 Å². The molecule has 0 unspecified atom stereocenters. The molecule has 8 rings (SSSR count). The maximum absolute atomic E-state index is 13.1. The Morgan fingerprint density at radius 2 is 0.810 bits per heavy atom. The summed E-state index contributed by atoms with van der Waals surface area (Å²) >= 11 is 0. The van der Waals surface area contributed by atoms with E-state index in [2.05, 4.69) is 47.4 Å². The number of anilines is 5. The summed E-state index contributed by atoms with van der Waals surface area (Å²) in [5.41, 5.74) is 23.4. The fourth-order valence-electron chi connectivity index (χ4n) is 6.79. The Kier molecular flexibility index (Phi) is 10.5. The highest BCUT2D eigenvalue weighted by molar-refractivity contribution is 5.92. The first-order valence-electron chi connectivity index (χ1n) is 18.7. The average Bonchev–Trinajstić information content (AvgIpc) is 3.25. The third-order valence-electron chi connectivity index (χ3n) is 9.87. The molecule has 0 bridgehead atoms. The molecule has 4 nitrogen and oxygen atoms in total. The van der Waals surface area contributed by atoms with Crippen LogP contribution in [0.15, 0.2) is 200 Å². The topological polar surface area (TPSA) is 64.5 Å². The summed E-state index contributed by atoms with van der Waals surface area (Å²) in [5, 5.41) is 0. The largest absolute Gasteiger partial charge is 0.457 e. The van der Waals surface area contributed by atoms with Crippen molar-refractivity contribution >= 4 is 40.1 Å². The fraction of sp³-hybridized carbons (Fsp3) is 0.0196. The number of nitrogen functional groups attached to an aromatic ring is 2. The minimum absolute atomic E-state index is 0.660. The summed E-state index contributed by atoms with van der Waals surface area (Å²) in [6, 6.07) is 63.2. The van der Waals surface area contributed by atoms with E-state index in [1.807, 2.05) is 140 Å². The highest BCUT2D eigenvalue weighted by atomic mass is 19.4. The van der Waals surface area contributed by atoms with Gasteiger partial charge in [0.05, 0.1) is 5.56 Å². The number of nitrogens with zero attached hydrogens (tertiary/aromatic N) is 1. The Bertz CT molecular complexity index is 2580. The second-order valence-corrected chi connectivity index (χ2v) is 13.8. The van der Waals surface area contributed by atoms with E-state index in [0.29, 0.717) is 17.1 Å². The number of hydrogen-bond acceptors (Lipinski definition) is 4. The monoisotopic (exact) mass is 765 g/mol. The molecule has 0 aliphatic heterocycles. The molecule has 58 heavy (non-hydrogen) atoms. The van der Waals surface area contributed by atoms with Gasteiger partial charge in [-0.15, -0.1) is 0 Å². The van der Waals surface area contributed by atoms with E-state index < -0.39 is 11.7 Å². The van der Waals surface area contributed by atoms with Crippen molar-refractivity contribution in [1.29, 1.82) is 0 Å². The predicted octanol–water partition coefficient (Wildman–Crippen LogP) is 14.1. The summed E-state index contributed by atoms with van der Waals surface area (Å²) < 4.78 is 45.5. The average molecular weight is 766 g/mol. The normalized spacial score (nSPS) is 11.6. The van der Waals surface area contributed by atoms with Gasteiger partial charge in [-0.05, 0) is 148 Å². The van der Waals surface area contributed by atoms with Gasteiger partial charge in [-0.3, -0.25) is 0 Å². The van der Waals surface area contributed by atoms with E-state index >= 15 is 0 Å². The standard InChI is InChI=1S/C51H38F3N3O/c52-51(53,54)42-18-14-38(15-19-42)37-10-12-41(13-11-37)50(40-4-2-1-3-5-40)34-35-6-8-36(9-7-35)39-16-30-48(31-17-39)58-49-32-28-47(29-33-49)57(45-24-20-43(55)21-25-45)46-26-22-44(56)23-27-46/h1-34H,55-56H2. The van der Waals surface area contributed by atoms with Crippen LogP contribution in [-0.4, -0.2) is 0 Å². The van der Waals surface area contributed by atoms with Crippen LogP contribution in [0.2, 0.25) is 0 Å². The van der Waals surface area contributed by atoms with Gasteiger partial charge < -0.3 is 21.1 Å². The lowest BCUT2D eigenvalue weighted by Gasteiger charge is -2.25. The first-order valence-corrected chi connectivity index (χ1v) is 18.7. The molecule has 0 fully saturated rings. The van der Waals surface area contributed by atoms with Gasteiger partial charge in [-0.1, -0.05) is 103 Å². The maximum Gasteiger partial charge on any atom is 0.416 e. The molecule has 284 valence electrons. The molecular formula is C51H38F3N3O. The lowest BCUT2D eigenvalue weighted by Crippen LogP contribution is -2.10. The Morgan fingerprint density at radius 1 is 0.431 bits per heavy atom. The lowest BCUT2D eigenvalue weighted by atomic mass is 9.93. The molecule has 0 radical (unpaired) electrons. The second kappa shape index (κ2) is 16.3. The summed E-state index contributed by atoms with van der Waals surface area (Å²) in [5.74, 6) is 1.44. The number of benzene rings is 8. The van der Waals surface area contributed by atoms with Gasteiger partial charge in [-0.2, -0.15) is 13.2 Å². The molecule has 0 aliphatic rings. The molecule has 0 aliphatic carbocycles. The van der Waals surface area contributed by atoms with Crippen LogP contribution < -0.4 is 21.1 Å². The number of halogens is 3. The molecule has 0 amide bonds. The molecule has 0 atom stereocenters. The van der Waals surface area contributed by atoms with Crippen molar-refractivity contribution < 1.29 is 17.9 Å². The van der Waals surface area contributed by atoms with Crippen LogP contribution in [0.1, 0.15) is 22.3 Å². The molecule has 8 aromatic carbocycles. The molecule has 0 spiro atoms. The zero-order valence-corrected chi connectivity index (χ0v) is 31.3. The van der Waals surface area contributed by atoms with Gasteiger partial charge in [0, 0.05) is 28.4 Å². The number of alkyl halides is 3. The zero-order valence-electron chi connectivity index (χ0n) is 31.3. The summed E-state index contributed by atoms with van der Waals surface area (Å²) in [7, 11) is 0. The van der Waals surface area contributed by atoms with Crippen molar-refractivity contribution in [3.8, 4) is 33.8 Å². The number of ether oxygens (including phenoxy) is 1. The van der Waals surface area contributed by atoms with E-state index in [1.165, 1.54) is 12.1 Å². The van der Waals surface area contributed by atoms with E-state index in [0.717, 1.165) is 79.5 Å². The van der Waals surface area contributed by atoms with Gasteiger partial charge in [0.2, 0.25) is 0 Å². The third kappa shape index (κ3) is 8.64. The number of nitrogens with two attached hydrogens (primary N) is 2. The van der Waals surface area contributed by atoms with Gasteiger partial charge in [0.1, 0.15) is 11.5 Å². The summed E-state index contributed by atoms with van der Waals surface area (Å²) in [4.78, 5) is 2.13. The first-order chi connectivity index (χ1) is 28.2. The highest BCUT2D eigenvalue weighted by Crippen LogP contribution is 2.37. The highest BCUT2D eigenvalue weighted by Gasteiger charge is 2.30. The van der Waals surface area contributed by atoms with Crippen LogP contribution in [0.4, 0.5) is 41.6 Å². The summed E-state index contributed by atoms with van der Waals surface area (Å²) in [6.45, 7) is 0. The van der Waals surface area contributed by atoms with Crippen LogP contribution in [-0.2, 0) is 6.18 Å². The Labute approximate surface area is 335 Å².